The normalized spacial score (nSPS) is 14.0. The molecular formula is C21H22FN5. The summed E-state index contributed by atoms with van der Waals surface area (Å²) in [5.41, 5.74) is 3.01. The minimum Gasteiger partial charge on any atom is -0.372 e. The first-order valence-corrected chi connectivity index (χ1v) is 9.23. The number of benzene rings is 2. The first kappa shape index (κ1) is 17.3. The molecule has 2 heterocycles. The van der Waals surface area contributed by atoms with Gasteiger partial charge in [-0.25, -0.2) is 14.4 Å². The number of anilines is 5. The van der Waals surface area contributed by atoms with E-state index in [0.717, 1.165) is 24.5 Å². The van der Waals surface area contributed by atoms with E-state index in [0.29, 0.717) is 11.6 Å². The van der Waals surface area contributed by atoms with Gasteiger partial charge in [-0.3, -0.25) is 0 Å². The third-order valence-corrected chi connectivity index (χ3v) is 4.64. The van der Waals surface area contributed by atoms with E-state index < -0.39 is 0 Å². The van der Waals surface area contributed by atoms with Crippen LogP contribution in [0.15, 0.2) is 60.9 Å². The minimum absolute atomic E-state index is 0.265. The van der Waals surface area contributed by atoms with Gasteiger partial charge in [0.15, 0.2) is 0 Å². The van der Waals surface area contributed by atoms with Crippen molar-refractivity contribution in [1.29, 1.82) is 0 Å². The fourth-order valence-electron chi connectivity index (χ4n) is 3.23. The summed E-state index contributed by atoms with van der Waals surface area (Å²) < 4.78 is 13.0. The van der Waals surface area contributed by atoms with Gasteiger partial charge in [0.1, 0.15) is 23.8 Å². The molecule has 3 aromatic rings. The van der Waals surface area contributed by atoms with Crippen molar-refractivity contribution in [2.45, 2.75) is 19.3 Å². The molecule has 0 aliphatic carbocycles. The molecule has 2 N–H and O–H groups in total. The zero-order valence-corrected chi connectivity index (χ0v) is 15.0. The van der Waals surface area contributed by atoms with Crippen LogP contribution < -0.4 is 15.5 Å². The van der Waals surface area contributed by atoms with Crippen LogP contribution in [0.1, 0.15) is 19.3 Å². The van der Waals surface area contributed by atoms with Crippen LogP contribution in [0.25, 0.3) is 0 Å². The first-order valence-electron chi connectivity index (χ1n) is 9.23. The maximum Gasteiger partial charge on any atom is 0.135 e. The number of hydrogen-bond donors (Lipinski definition) is 2. The van der Waals surface area contributed by atoms with Crippen LogP contribution in [0.3, 0.4) is 0 Å². The molecule has 27 heavy (non-hydrogen) atoms. The van der Waals surface area contributed by atoms with Crippen LogP contribution in [0.2, 0.25) is 0 Å². The Morgan fingerprint density at radius 1 is 0.741 bits per heavy atom. The maximum atomic E-state index is 13.0. The van der Waals surface area contributed by atoms with Gasteiger partial charge in [0.05, 0.1) is 0 Å². The van der Waals surface area contributed by atoms with Gasteiger partial charge in [-0.15, -0.1) is 0 Å². The predicted molar refractivity (Wildman–Crippen MR) is 108 cm³/mol. The molecule has 1 aliphatic heterocycles. The van der Waals surface area contributed by atoms with Gasteiger partial charge in [-0.05, 0) is 67.8 Å². The molecule has 5 nitrogen and oxygen atoms in total. The van der Waals surface area contributed by atoms with Crippen molar-refractivity contribution in [1.82, 2.24) is 9.97 Å². The van der Waals surface area contributed by atoms with Gasteiger partial charge >= 0.3 is 0 Å². The van der Waals surface area contributed by atoms with Crippen LogP contribution in [0.4, 0.5) is 33.1 Å². The summed E-state index contributed by atoms with van der Waals surface area (Å²) in [7, 11) is 0. The van der Waals surface area contributed by atoms with Crippen LogP contribution >= 0.6 is 0 Å². The Hall–Kier alpha value is -3.15. The summed E-state index contributed by atoms with van der Waals surface area (Å²) in [5.74, 6) is 1.07. The summed E-state index contributed by atoms with van der Waals surface area (Å²) in [5, 5.41) is 6.44. The molecule has 1 fully saturated rings. The summed E-state index contributed by atoms with van der Waals surface area (Å²) in [4.78, 5) is 10.9. The number of rotatable bonds is 5. The fraction of sp³-hybridized carbons (Fsp3) is 0.238. The highest BCUT2D eigenvalue weighted by molar-refractivity contribution is 5.64. The van der Waals surface area contributed by atoms with Crippen molar-refractivity contribution in [2.24, 2.45) is 0 Å². The Morgan fingerprint density at radius 2 is 1.30 bits per heavy atom. The second-order valence-electron chi connectivity index (χ2n) is 6.64. The predicted octanol–water partition coefficient (Wildman–Crippen LogP) is 5.09. The van der Waals surface area contributed by atoms with Gasteiger partial charge in [0.25, 0.3) is 0 Å². The smallest absolute Gasteiger partial charge is 0.135 e. The van der Waals surface area contributed by atoms with E-state index in [1.807, 2.05) is 6.07 Å². The lowest BCUT2D eigenvalue weighted by molar-refractivity contribution is 0.578. The topological polar surface area (TPSA) is 53.1 Å². The molecule has 0 amide bonds. The highest BCUT2D eigenvalue weighted by Crippen LogP contribution is 2.24. The fourth-order valence-corrected chi connectivity index (χ4v) is 3.23. The molecule has 4 rings (SSSR count). The van der Waals surface area contributed by atoms with Crippen molar-refractivity contribution in [3.05, 3.63) is 66.7 Å². The lowest BCUT2D eigenvalue weighted by atomic mass is 10.1. The van der Waals surface area contributed by atoms with Gasteiger partial charge < -0.3 is 15.5 Å². The molecule has 6 heteroatoms. The van der Waals surface area contributed by atoms with Gasteiger partial charge in [0, 0.05) is 36.2 Å². The van der Waals surface area contributed by atoms with Crippen LogP contribution in [-0.4, -0.2) is 23.1 Å². The molecule has 0 spiro atoms. The third kappa shape index (κ3) is 4.53. The van der Waals surface area contributed by atoms with Crippen molar-refractivity contribution < 1.29 is 4.39 Å². The standard InChI is InChI=1S/C21H22FN5/c22-16-4-6-17(7-5-16)25-20-14-21(24-15-23-20)26-18-8-10-19(11-9-18)27-12-2-1-3-13-27/h4-11,14-15H,1-3,12-13H2,(H2,23,24,25,26). The van der Waals surface area contributed by atoms with E-state index in [9.17, 15) is 4.39 Å². The maximum absolute atomic E-state index is 13.0. The molecule has 0 atom stereocenters. The van der Waals surface area contributed by atoms with Crippen LogP contribution in [-0.2, 0) is 0 Å². The molecule has 1 aliphatic rings. The molecule has 1 saturated heterocycles. The van der Waals surface area contributed by atoms with Crippen LogP contribution in [0, 0.1) is 5.82 Å². The monoisotopic (exact) mass is 363 g/mol. The first-order chi connectivity index (χ1) is 13.3. The second-order valence-corrected chi connectivity index (χ2v) is 6.64. The van der Waals surface area contributed by atoms with E-state index in [-0.39, 0.29) is 5.82 Å². The Bertz CT molecular complexity index is 874. The Morgan fingerprint density at radius 3 is 1.89 bits per heavy atom. The van der Waals surface area contributed by atoms with Gasteiger partial charge in [-0.2, -0.15) is 0 Å². The van der Waals surface area contributed by atoms with Gasteiger partial charge in [-0.1, -0.05) is 0 Å². The Kier molecular flexibility index (Phi) is 5.14. The van der Waals surface area contributed by atoms with E-state index in [4.69, 9.17) is 0 Å². The lowest BCUT2D eigenvalue weighted by Gasteiger charge is -2.28. The van der Waals surface area contributed by atoms with Crippen molar-refractivity contribution in [2.75, 3.05) is 28.6 Å². The molecule has 1 aromatic heterocycles. The quantitative estimate of drug-likeness (QED) is 0.661. The highest BCUT2D eigenvalue weighted by atomic mass is 19.1. The lowest BCUT2D eigenvalue weighted by Crippen LogP contribution is -2.29. The van der Waals surface area contributed by atoms with Crippen molar-refractivity contribution in [3.63, 3.8) is 0 Å². The van der Waals surface area contributed by atoms with E-state index in [1.54, 1.807) is 12.1 Å². The summed E-state index contributed by atoms with van der Waals surface area (Å²) in [6.07, 6.45) is 5.37. The summed E-state index contributed by atoms with van der Waals surface area (Å²) >= 11 is 0. The largest absolute Gasteiger partial charge is 0.372 e. The van der Waals surface area contributed by atoms with Crippen molar-refractivity contribution >= 4 is 28.7 Å². The number of nitrogens with zero attached hydrogens (tertiary/aromatic N) is 3. The van der Waals surface area contributed by atoms with Crippen molar-refractivity contribution in [3.8, 4) is 0 Å². The molecule has 138 valence electrons. The van der Waals surface area contributed by atoms with E-state index >= 15 is 0 Å². The van der Waals surface area contributed by atoms with E-state index in [1.165, 1.54) is 43.4 Å². The molecule has 0 unspecified atom stereocenters. The van der Waals surface area contributed by atoms with Crippen LogP contribution in [0.5, 0.6) is 0 Å². The van der Waals surface area contributed by atoms with E-state index in [2.05, 4.69) is 49.8 Å². The number of hydrogen-bond acceptors (Lipinski definition) is 5. The minimum atomic E-state index is -0.265. The summed E-state index contributed by atoms with van der Waals surface area (Å²) in [6.45, 7) is 2.27. The molecule has 0 saturated carbocycles. The molecule has 0 radical (unpaired) electrons. The highest BCUT2D eigenvalue weighted by Gasteiger charge is 2.10. The number of halogens is 1. The second kappa shape index (κ2) is 8.03. The average molecular weight is 363 g/mol. The average Bonchev–Trinajstić information content (AvgIpc) is 2.71. The molecule has 2 aromatic carbocycles. The zero-order chi connectivity index (χ0) is 18.5. The zero-order valence-electron chi connectivity index (χ0n) is 15.0. The molecule has 0 bridgehead atoms. The Labute approximate surface area is 158 Å². The number of nitrogens with one attached hydrogen (secondary N) is 2. The molecular weight excluding hydrogens is 341 g/mol. The Balaban J connectivity index is 1.42. The number of aromatic nitrogens is 2. The number of piperidine rings is 1. The van der Waals surface area contributed by atoms with Gasteiger partial charge in [0.2, 0.25) is 0 Å². The SMILES string of the molecule is Fc1ccc(Nc2cc(Nc3ccc(N4CCCCC4)cc3)ncn2)cc1. The summed E-state index contributed by atoms with van der Waals surface area (Å²) in [6, 6.07) is 16.4. The third-order valence-electron chi connectivity index (χ3n) is 4.64.